The number of nitrogens with one attached hydrogen (secondary N) is 1. The van der Waals surface area contributed by atoms with Crippen LogP contribution in [0.15, 0.2) is 42.5 Å². The van der Waals surface area contributed by atoms with E-state index in [4.69, 9.17) is 5.26 Å². The van der Waals surface area contributed by atoms with E-state index in [1.807, 2.05) is 18.2 Å². The highest BCUT2D eigenvalue weighted by Crippen LogP contribution is 2.38. The Morgan fingerprint density at radius 2 is 1.76 bits per heavy atom. The molecular formula is C17H14F2N2. The molecule has 1 N–H and O–H groups in total. The van der Waals surface area contributed by atoms with Crippen LogP contribution in [0.25, 0.3) is 0 Å². The van der Waals surface area contributed by atoms with E-state index in [-0.39, 0.29) is 11.4 Å². The van der Waals surface area contributed by atoms with E-state index < -0.39 is 5.82 Å². The van der Waals surface area contributed by atoms with Crippen molar-refractivity contribution in [2.45, 2.75) is 24.8 Å². The molecule has 0 amide bonds. The third kappa shape index (κ3) is 2.87. The Balaban J connectivity index is 1.60. The van der Waals surface area contributed by atoms with Crippen LogP contribution in [0.4, 0.5) is 14.5 Å². The molecule has 0 aromatic heterocycles. The van der Waals surface area contributed by atoms with Gasteiger partial charge in [0.25, 0.3) is 0 Å². The minimum atomic E-state index is -0.499. The molecule has 1 aliphatic rings. The van der Waals surface area contributed by atoms with Crippen molar-refractivity contribution in [2.75, 3.05) is 5.32 Å². The molecule has 2 nitrogen and oxygen atoms in total. The van der Waals surface area contributed by atoms with E-state index >= 15 is 0 Å². The van der Waals surface area contributed by atoms with Gasteiger partial charge in [-0.25, -0.2) is 8.78 Å². The fraction of sp³-hybridized carbons (Fsp3) is 0.235. The summed E-state index contributed by atoms with van der Waals surface area (Å²) in [7, 11) is 0. The number of anilines is 1. The maximum Gasteiger partial charge on any atom is 0.141 e. The molecule has 0 unspecified atom stereocenters. The predicted octanol–water partition coefficient (Wildman–Crippen LogP) is 4.19. The molecule has 0 atom stereocenters. The van der Waals surface area contributed by atoms with Gasteiger partial charge in [0.2, 0.25) is 0 Å². The van der Waals surface area contributed by atoms with Crippen molar-refractivity contribution < 1.29 is 8.78 Å². The largest absolute Gasteiger partial charge is 0.382 e. The SMILES string of the molecule is N#Cc1cc(NC2CC(c3ccc(F)cc3)C2)ccc1F. The summed E-state index contributed by atoms with van der Waals surface area (Å²) in [4.78, 5) is 0. The second-order valence-electron chi connectivity index (χ2n) is 5.37. The summed E-state index contributed by atoms with van der Waals surface area (Å²) in [6.45, 7) is 0. The van der Waals surface area contributed by atoms with Crippen molar-refractivity contribution in [1.29, 1.82) is 5.26 Å². The Labute approximate surface area is 122 Å². The highest BCUT2D eigenvalue weighted by molar-refractivity contribution is 5.51. The maximum atomic E-state index is 13.2. The molecule has 21 heavy (non-hydrogen) atoms. The molecule has 4 heteroatoms. The van der Waals surface area contributed by atoms with Gasteiger partial charge in [-0.1, -0.05) is 12.1 Å². The summed E-state index contributed by atoms with van der Waals surface area (Å²) < 4.78 is 26.1. The number of nitriles is 1. The van der Waals surface area contributed by atoms with Crippen LogP contribution in [0.1, 0.15) is 29.9 Å². The van der Waals surface area contributed by atoms with Gasteiger partial charge < -0.3 is 5.32 Å². The number of rotatable bonds is 3. The van der Waals surface area contributed by atoms with E-state index in [2.05, 4.69) is 5.32 Å². The lowest BCUT2D eigenvalue weighted by Gasteiger charge is -2.37. The van der Waals surface area contributed by atoms with Gasteiger partial charge in [0.15, 0.2) is 0 Å². The Hall–Kier alpha value is -2.41. The zero-order valence-corrected chi connectivity index (χ0v) is 11.3. The predicted molar refractivity (Wildman–Crippen MR) is 76.9 cm³/mol. The summed E-state index contributed by atoms with van der Waals surface area (Å²) in [6.07, 6.45) is 1.90. The quantitative estimate of drug-likeness (QED) is 0.917. The highest BCUT2D eigenvalue weighted by Gasteiger charge is 2.30. The summed E-state index contributed by atoms with van der Waals surface area (Å²) in [5.41, 5.74) is 1.95. The van der Waals surface area contributed by atoms with Crippen LogP contribution in [-0.2, 0) is 0 Å². The van der Waals surface area contributed by atoms with Crippen molar-refractivity contribution >= 4 is 5.69 Å². The van der Waals surface area contributed by atoms with Gasteiger partial charge in [0, 0.05) is 11.7 Å². The molecule has 0 bridgehead atoms. The minimum Gasteiger partial charge on any atom is -0.382 e. The van der Waals surface area contributed by atoms with Crippen molar-refractivity contribution in [3.8, 4) is 6.07 Å². The minimum absolute atomic E-state index is 0.0504. The van der Waals surface area contributed by atoms with Crippen LogP contribution in [0, 0.1) is 23.0 Å². The van der Waals surface area contributed by atoms with Gasteiger partial charge in [0.1, 0.15) is 17.7 Å². The van der Waals surface area contributed by atoms with E-state index in [0.717, 1.165) is 24.1 Å². The van der Waals surface area contributed by atoms with Crippen LogP contribution in [0.2, 0.25) is 0 Å². The van der Waals surface area contributed by atoms with E-state index in [9.17, 15) is 8.78 Å². The monoisotopic (exact) mass is 284 g/mol. The van der Waals surface area contributed by atoms with E-state index in [0.29, 0.717) is 12.0 Å². The van der Waals surface area contributed by atoms with Crippen LogP contribution < -0.4 is 5.32 Å². The van der Waals surface area contributed by atoms with Crippen LogP contribution in [0.3, 0.4) is 0 Å². The molecule has 1 fully saturated rings. The fourth-order valence-corrected chi connectivity index (χ4v) is 2.68. The zero-order valence-electron chi connectivity index (χ0n) is 11.3. The third-order valence-electron chi connectivity index (χ3n) is 3.94. The molecule has 1 saturated carbocycles. The maximum absolute atomic E-state index is 13.2. The first kappa shape index (κ1) is 13.6. The first-order valence-corrected chi connectivity index (χ1v) is 6.87. The molecule has 2 aromatic carbocycles. The van der Waals surface area contributed by atoms with Gasteiger partial charge in [-0.3, -0.25) is 0 Å². The van der Waals surface area contributed by atoms with Crippen molar-refractivity contribution in [3.63, 3.8) is 0 Å². The molecule has 0 radical (unpaired) electrons. The first-order chi connectivity index (χ1) is 10.2. The summed E-state index contributed by atoms with van der Waals surface area (Å²) >= 11 is 0. The van der Waals surface area contributed by atoms with Crippen molar-refractivity contribution in [2.24, 2.45) is 0 Å². The van der Waals surface area contributed by atoms with Gasteiger partial charge in [0.05, 0.1) is 5.56 Å². The lowest BCUT2D eigenvalue weighted by Crippen LogP contribution is -2.34. The van der Waals surface area contributed by atoms with Crippen molar-refractivity contribution in [1.82, 2.24) is 0 Å². The third-order valence-corrected chi connectivity index (χ3v) is 3.94. The van der Waals surface area contributed by atoms with Gasteiger partial charge in [-0.2, -0.15) is 5.26 Å². The number of halogens is 2. The van der Waals surface area contributed by atoms with Gasteiger partial charge in [-0.05, 0) is 54.7 Å². The van der Waals surface area contributed by atoms with E-state index in [1.165, 1.54) is 24.3 Å². The second-order valence-corrected chi connectivity index (χ2v) is 5.37. The molecule has 2 aromatic rings. The first-order valence-electron chi connectivity index (χ1n) is 6.87. The van der Waals surface area contributed by atoms with Crippen molar-refractivity contribution in [3.05, 3.63) is 65.2 Å². The smallest absolute Gasteiger partial charge is 0.141 e. The topological polar surface area (TPSA) is 35.8 Å². The van der Waals surface area contributed by atoms with E-state index in [1.54, 1.807) is 6.07 Å². The highest BCUT2D eigenvalue weighted by atomic mass is 19.1. The molecular weight excluding hydrogens is 270 g/mol. The Morgan fingerprint density at radius 1 is 1.05 bits per heavy atom. The Morgan fingerprint density at radius 3 is 2.43 bits per heavy atom. The van der Waals surface area contributed by atoms with Crippen LogP contribution in [-0.4, -0.2) is 6.04 Å². The summed E-state index contributed by atoms with van der Waals surface area (Å²) in [5.74, 6) is -0.289. The number of nitrogens with zero attached hydrogens (tertiary/aromatic N) is 1. The number of hydrogen-bond acceptors (Lipinski definition) is 2. The zero-order chi connectivity index (χ0) is 14.8. The number of benzene rings is 2. The molecule has 1 aliphatic carbocycles. The fourth-order valence-electron chi connectivity index (χ4n) is 2.68. The number of hydrogen-bond donors (Lipinski definition) is 1. The molecule has 0 saturated heterocycles. The normalized spacial score (nSPS) is 20.4. The standard InChI is InChI=1S/C17H14F2N2/c18-14-3-1-11(2-4-14)12-7-16(8-12)21-15-5-6-17(19)13(9-15)10-20/h1-6,9,12,16,21H,7-8H2. The lowest BCUT2D eigenvalue weighted by atomic mass is 9.76. The van der Waals surface area contributed by atoms with Gasteiger partial charge >= 0.3 is 0 Å². The van der Waals surface area contributed by atoms with Crippen LogP contribution in [0.5, 0.6) is 0 Å². The molecule has 0 spiro atoms. The van der Waals surface area contributed by atoms with Crippen LogP contribution >= 0.6 is 0 Å². The second kappa shape index (κ2) is 5.53. The van der Waals surface area contributed by atoms with Gasteiger partial charge in [-0.15, -0.1) is 0 Å². The average molecular weight is 284 g/mol. The molecule has 3 rings (SSSR count). The average Bonchev–Trinajstić information content (AvgIpc) is 2.45. The lowest BCUT2D eigenvalue weighted by molar-refractivity contribution is 0.374. The molecule has 0 heterocycles. The molecule has 0 aliphatic heterocycles. The Bertz CT molecular complexity index is 683. The Kier molecular flexibility index (Phi) is 3.57. The summed E-state index contributed by atoms with van der Waals surface area (Å²) in [6, 6.07) is 13.2. The molecule has 106 valence electrons. The summed E-state index contributed by atoms with van der Waals surface area (Å²) in [5, 5.41) is 12.1.